The fourth-order valence-corrected chi connectivity index (χ4v) is 2.01. The summed E-state index contributed by atoms with van der Waals surface area (Å²) < 4.78 is 4.80. The second kappa shape index (κ2) is 4.52. The average molecular weight is 246 g/mol. The largest absolute Gasteiger partial charge is 0.456 e. The molecule has 2 amide bonds. The monoisotopic (exact) mass is 246 g/mol. The number of aryl methyl sites for hydroxylation is 2. The minimum Gasteiger partial charge on any atom is -0.456 e. The third-order valence-corrected chi connectivity index (χ3v) is 2.62. The van der Waals surface area contributed by atoms with E-state index in [1.165, 1.54) is 11.0 Å². The highest BCUT2D eigenvalue weighted by Gasteiger charge is 2.24. The molecule has 5 heteroatoms. The fourth-order valence-electron chi connectivity index (χ4n) is 2.01. The van der Waals surface area contributed by atoms with Crippen molar-refractivity contribution in [3.63, 3.8) is 0 Å². The number of amides is 2. The third-order valence-electron chi connectivity index (χ3n) is 2.62. The summed E-state index contributed by atoms with van der Waals surface area (Å²) in [6.45, 7) is 3.93. The van der Waals surface area contributed by atoms with E-state index < -0.39 is 12.0 Å². The van der Waals surface area contributed by atoms with Crippen LogP contribution in [0.5, 0.6) is 0 Å². The van der Waals surface area contributed by atoms with Crippen LogP contribution in [0.25, 0.3) is 0 Å². The maximum atomic E-state index is 11.6. The lowest BCUT2D eigenvalue weighted by atomic mass is 10.1. The summed E-state index contributed by atoms with van der Waals surface area (Å²) in [4.78, 5) is 23.9. The zero-order valence-electron chi connectivity index (χ0n) is 10.3. The van der Waals surface area contributed by atoms with Gasteiger partial charge in [0, 0.05) is 6.08 Å². The Morgan fingerprint density at radius 2 is 1.89 bits per heavy atom. The molecule has 0 bridgehead atoms. The van der Waals surface area contributed by atoms with E-state index in [-0.39, 0.29) is 6.61 Å². The number of esters is 1. The summed E-state index contributed by atoms with van der Waals surface area (Å²) in [7, 11) is 0. The smallest absolute Gasteiger partial charge is 0.333 e. The first-order chi connectivity index (χ1) is 8.47. The Balaban J connectivity index is 2.45. The van der Waals surface area contributed by atoms with Crippen molar-refractivity contribution in [1.82, 2.24) is 0 Å². The van der Waals surface area contributed by atoms with Gasteiger partial charge in [0.2, 0.25) is 0 Å². The Morgan fingerprint density at radius 3 is 2.33 bits per heavy atom. The molecule has 0 radical (unpaired) electrons. The number of urea groups is 1. The summed E-state index contributed by atoms with van der Waals surface area (Å²) >= 11 is 0. The van der Waals surface area contributed by atoms with Crippen LogP contribution in [0.2, 0.25) is 0 Å². The van der Waals surface area contributed by atoms with Crippen LogP contribution in [-0.2, 0) is 9.53 Å². The van der Waals surface area contributed by atoms with Gasteiger partial charge in [-0.15, -0.1) is 0 Å². The van der Waals surface area contributed by atoms with Crippen LogP contribution in [0.1, 0.15) is 11.1 Å². The third kappa shape index (κ3) is 2.34. The van der Waals surface area contributed by atoms with Crippen molar-refractivity contribution in [2.75, 3.05) is 11.5 Å². The Hall–Kier alpha value is -2.30. The van der Waals surface area contributed by atoms with Gasteiger partial charge in [0.25, 0.3) is 0 Å². The van der Waals surface area contributed by atoms with E-state index in [1.807, 2.05) is 32.0 Å². The molecule has 0 saturated carbocycles. The predicted octanol–water partition coefficient (Wildman–Crippen LogP) is 1.63. The number of nitrogens with zero attached hydrogens (tertiary/aromatic N) is 1. The van der Waals surface area contributed by atoms with Gasteiger partial charge >= 0.3 is 12.0 Å². The van der Waals surface area contributed by atoms with Crippen LogP contribution in [0.4, 0.5) is 10.5 Å². The summed E-state index contributed by atoms with van der Waals surface area (Å²) in [5.41, 5.74) is 8.50. The maximum Gasteiger partial charge on any atom is 0.333 e. The van der Waals surface area contributed by atoms with Gasteiger partial charge in [-0.25, -0.2) is 9.59 Å². The lowest BCUT2D eigenvalue weighted by Gasteiger charge is -2.21. The highest BCUT2D eigenvalue weighted by molar-refractivity contribution is 5.97. The molecule has 0 spiro atoms. The van der Waals surface area contributed by atoms with E-state index in [4.69, 9.17) is 10.5 Å². The van der Waals surface area contributed by atoms with Gasteiger partial charge in [-0.2, -0.15) is 0 Å². The molecule has 5 nitrogen and oxygen atoms in total. The number of ether oxygens (including phenoxy) is 1. The van der Waals surface area contributed by atoms with Crippen LogP contribution in [0.3, 0.4) is 0 Å². The van der Waals surface area contributed by atoms with Crippen LogP contribution < -0.4 is 10.6 Å². The van der Waals surface area contributed by atoms with Gasteiger partial charge in [-0.3, -0.25) is 4.90 Å². The topological polar surface area (TPSA) is 72.6 Å². The second-order valence-corrected chi connectivity index (χ2v) is 4.26. The molecule has 94 valence electrons. The lowest BCUT2D eigenvalue weighted by Crippen LogP contribution is -2.35. The first kappa shape index (κ1) is 12.2. The van der Waals surface area contributed by atoms with E-state index in [1.54, 1.807) is 0 Å². The quantitative estimate of drug-likeness (QED) is 0.806. The molecule has 0 atom stereocenters. The van der Waals surface area contributed by atoms with E-state index >= 15 is 0 Å². The van der Waals surface area contributed by atoms with Gasteiger partial charge in [0.15, 0.2) is 0 Å². The maximum absolute atomic E-state index is 11.6. The van der Waals surface area contributed by atoms with Gasteiger partial charge < -0.3 is 10.5 Å². The molecule has 0 saturated heterocycles. The number of benzene rings is 1. The van der Waals surface area contributed by atoms with Crippen molar-refractivity contribution in [3.05, 3.63) is 41.1 Å². The highest BCUT2D eigenvalue weighted by atomic mass is 16.5. The van der Waals surface area contributed by atoms with E-state index in [0.717, 1.165) is 11.1 Å². The lowest BCUT2D eigenvalue weighted by molar-refractivity contribution is -0.134. The molecule has 1 aromatic rings. The second-order valence-electron chi connectivity index (χ2n) is 4.26. The number of carbonyl (C=O) groups is 2. The highest BCUT2D eigenvalue weighted by Crippen LogP contribution is 2.24. The van der Waals surface area contributed by atoms with Crippen molar-refractivity contribution in [2.45, 2.75) is 13.8 Å². The molecule has 18 heavy (non-hydrogen) atoms. The van der Waals surface area contributed by atoms with Crippen LogP contribution in [0, 0.1) is 13.8 Å². The number of cyclic esters (lactones) is 1. The molecule has 1 aliphatic heterocycles. The van der Waals surface area contributed by atoms with Gasteiger partial charge in [0.1, 0.15) is 6.61 Å². The van der Waals surface area contributed by atoms with Crippen molar-refractivity contribution in [2.24, 2.45) is 5.73 Å². The molecule has 0 unspecified atom stereocenters. The Bertz CT molecular complexity index is 529. The number of primary amides is 1. The summed E-state index contributed by atoms with van der Waals surface area (Å²) in [6.07, 6.45) is 1.28. The average Bonchev–Trinajstić information content (AvgIpc) is 2.62. The molecule has 0 fully saturated rings. The van der Waals surface area contributed by atoms with E-state index in [2.05, 4.69) is 0 Å². The number of carbonyl (C=O) groups excluding carboxylic acids is 2. The normalized spacial score (nSPS) is 14.1. The summed E-state index contributed by atoms with van der Waals surface area (Å²) in [6, 6.07) is 5.03. The number of anilines is 1. The molecule has 1 heterocycles. The van der Waals surface area contributed by atoms with Crippen LogP contribution in [0.15, 0.2) is 30.0 Å². The SMILES string of the molecule is Cc1cc(C)cc(N(C(N)=O)C2=CC(=O)OC2)c1. The first-order valence-corrected chi connectivity index (χ1v) is 5.52. The minimum atomic E-state index is -0.635. The Labute approximate surface area is 105 Å². The standard InChI is InChI=1S/C13H14N2O3/c1-8-3-9(2)5-10(4-8)15(13(14)17)11-6-12(16)18-7-11/h3-6H,7H2,1-2H3,(H2,14,17). The Morgan fingerprint density at radius 1 is 1.28 bits per heavy atom. The van der Waals surface area contributed by atoms with Crippen molar-refractivity contribution in [3.8, 4) is 0 Å². The molecule has 1 aliphatic rings. The molecule has 1 aromatic carbocycles. The Kier molecular flexibility index (Phi) is 3.06. The number of rotatable bonds is 2. The molecular weight excluding hydrogens is 232 g/mol. The van der Waals surface area contributed by atoms with Crippen LogP contribution in [-0.4, -0.2) is 18.6 Å². The van der Waals surface area contributed by atoms with E-state index in [0.29, 0.717) is 11.4 Å². The predicted molar refractivity (Wildman–Crippen MR) is 67.0 cm³/mol. The van der Waals surface area contributed by atoms with Crippen LogP contribution >= 0.6 is 0 Å². The van der Waals surface area contributed by atoms with Crippen molar-refractivity contribution >= 4 is 17.7 Å². The minimum absolute atomic E-state index is 0.0642. The first-order valence-electron chi connectivity index (χ1n) is 5.52. The molecular formula is C13H14N2O3. The zero-order chi connectivity index (χ0) is 13.3. The van der Waals surface area contributed by atoms with Crippen molar-refractivity contribution < 1.29 is 14.3 Å². The van der Waals surface area contributed by atoms with Gasteiger partial charge in [-0.05, 0) is 37.1 Å². The number of hydrogen-bond acceptors (Lipinski definition) is 3. The van der Waals surface area contributed by atoms with Gasteiger partial charge in [0.05, 0.1) is 11.4 Å². The van der Waals surface area contributed by atoms with Gasteiger partial charge in [-0.1, -0.05) is 6.07 Å². The zero-order valence-corrected chi connectivity index (χ0v) is 10.3. The molecule has 2 N–H and O–H groups in total. The molecule has 0 aliphatic carbocycles. The summed E-state index contributed by atoms with van der Waals surface area (Å²) in [5, 5.41) is 0. The van der Waals surface area contributed by atoms with E-state index in [9.17, 15) is 9.59 Å². The number of nitrogens with two attached hydrogens (primary N) is 1. The van der Waals surface area contributed by atoms with Crippen molar-refractivity contribution in [1.29, 1.82) is 0 Å². The molecule has 2 rings (SSSR count). The number of hydrogen-bond donors (Lipinski definition) is 1. The fraction of sp³-hybridized carbons (Fsp3) is 0.231. The summed E-state index contributed by atoms with van der Waals surface area (Å²) in [5.74, 6) is -0.458. The molecule has 0 aromatic heterocycles.